The van der Waals surface area contributed by atoms with E-state index in [1.54, 1.807) is 10.9 Å². The third kappa shape index (κ3) is 2.69. The minimum atomic E-state index is -0.712. The molecule has 6 nitrogen and oxygen atoms in total. The topological polar surface area (TPSA) is 85.8 Å². The van der Waals surface area contributed by atoms with Gasteiger partial charge < -0.3 is 15.6 Å². The minimum absolute atomic E-state index is 0.0722. The number of nitrogens with zero attached hydrogens (tertiary/aromatic N) is 3. The summed E-state index contributed by atoms with van der Waals surface area (Å²) in [5.41, 5.74) is 5.50. The molecule has 0 saturated heterocycles. The van der Waals surface area contributed by atoms with Crippen LogP contribution in [0.5, 0.6) is 0 Å². The molecule has 1 aromatic heterocycles. The number of nitrogens with two attached hydrogens (primary N) is 1. The first-order valence-electron chi connectivity index (χ1n) is 6.41. The molecule has 1 heterocycles. The molecule has 0 bridgehead atoms. The summed E-state index contributed by atoms with van der Waals surface area (Å²) in [6.07, 6.45) is 5.33. The Hall–Kier alpha value is -1.43. The van der Waals surface area contributed by atoms with E-state index in [4.69, 9.17) is 5.73 Å². The number of nitrogens with one attached hydrogen (secondary N) is 1. The van der Waals surface area contributed by atoms with Crippen LogP contribution < -0.4 is 11.1 Å². The van der Waals surface area contributed by atoms with Gasteiger partial charge in [-0.05, 0) is 18.8 Å². The number of hydrogen-bond donors (Lipinski definition) is 2. The van der Waals surface area contributed by atoms with Crippen LogP contribution in [0, 0.1) is 5.92 Å². The van der Waals surface area contributed by atoms with Gasteiger partial charge in [-0.25, -0.2) is 0 Å². The van der Waals surface area contributed by atoms with Gasteiger partial charge in [-0.15, -0.1) is 10.2 Å². The number of hydrogen-bond acceptors (Lipinski definition) is 4. The normalized spacial score (nSPS) is 28.1. The summed E-state index contributed by atoms with van der Waals surface area (Å²) in [6, 6.07) is 0. The highest BCUT2D eigenvalue weighted by atomic mass is 16.2. The van der Waals surface area contributed by atoms with Crippen LogP contribution in [0.4, 0.5) is 0 Å². The molecule has 0 aromatic carbocycles. The standard InChI is InChI=1S/C12H21N5O/c1-9-4-3-5-12(13,6-9)11(18)14-7-10-16-15-8-17(10)2/h8-9H,3-7,13H2,1-2H3,(H,14,18). The Morgan fingerprint density at radius 3 is 3.11 bits per heavy atom. The summed E-state index contributed by atoms with van der Waals surface area (Å²) in [5.74, 6) is 1.18. The first-order chi connectivity index (χ1) is 8.51. The van der Waals surface area contributed by atoms with Gasteiger partial charge in [0.1, 0.15) is 6.33 Å². The van der Waals surface area contributed by atoms with Gasteiger partial charge in [0.05, 0.1) is 12.1 Å². The fraction of sp³-hybridized carbons (Fsp3) is 0.750. The molecule has 6 heteroatoms. The molecule has 2 rings (SSSR count). The van der Waals surface area contributed by atoms with Crippen LogP contribution in [-0.4, -0.2) is 26.2 Å². The van der Waals surface area contributed by atoms with Crippen molar-refractivity contribution in [2.45, 2.75) is 44.7 Å². The lowest BCUT2D eigenvalue weighted by Crippen LogP contribution is -2.56. The van der Waals surface area contributed by atoms with Gasteiger partial charge >= 0.3 is 0 Å². The van der Waals surface area contributed by atoms with E-state index in [1.165, 1.54) is 0 Å². The Bertz CT molecular complexity index is 430. The predicted molar refractivity (Wildman–Crippen MR) is 67.4 cm³/mol. The lowest BCUT2D eigenvalue weighted by atomic mass is 9.76. The Morgan fingerprint density at radius 2 is 2.50 bits per heavy atom. The number of rotatable bonds is 3. The molecule has 1 saturated carbocycles. The molecule has 0 spiro atoms. The van der Waals surface area contributed by atoms with E-state index < -0.39 is 5.54 Å². The van der Waals surface area contributed by atoms with Crippen molar-refractivity contribution in [3.8, 4) is 0 Å². The number of amides is 1. The maximum atomic E-state index is 12.2. The fourth-order valence-electron chi connectivity index (χ4n) is 2.60. The highest BCUT2D eigenvalue weighted by Crippen LogP contribution is 2.30. The Labute approximate surface area is 107 Å². The van der Waals surface area contributed by atoms with Crippen LogP contribution in [0.3, 0.4) is 0 Å². The summed E-state index contributed by atoms with van der Waals surface area (Å²) in [4.78, 5) is 12.2. The summed E-state index contributed by atoms with van der Waals surface area (Å²) in [7, 11) is 1.85. The first kappa shape index (κ1) is 13.0. The average molecular weight is 251 g/mol. The van der Waals surface area contributed by atoms with Crippen molar-refractivity contribution in [2.75, 3.05) is 0 Å². The van der Waals surface area contributed by atoms with Crippen LogP contribution in [0.25, 0.3) is 0 Å². The zero-order valence-corrected chi connectivity index (χ0v) is 11.0. The van der Waals surface area contributed by atoms with Crippen molar-refractivity contribution in [3.63, 3.8) is 0 Å². The van der Waals surface area contributed by atoms with Crippen molar-refractivity contribution >= 4 is 5.91 Å². The van der Waals surface area contributed by atoms with Gasteiger partial charge in [0.2, 0.25) is 5.91 Å². The van der Waals surface area contributed by atoms with E-state index in [0.29, 0.717) is 12.5 Å². The van der Waals surface area contributed by atoms with Gasteiger partial charge in [-0.1, -0.05) is 19.8 Å². The highest BCUT2D eigenvalue weighted by molar-refractivity contribution is 5.86. The Balaban J connectivity index is 1.93. The highest BCUT2D eigenvalue weighted by Gasteiger charge is 2.37. The second-order valence-corrected chi connectivity index (χ2v) is 5.40. The van der Waals surface area contributed by atoms with E-state index >= 15 is 0 Å². The van der Waals surface area contributed by atoms with Crippen molar-refractivity contribution in [1.29, 1.82) is 0 Å². The molecular weight excluding hydrogens is 230 g/mol. The van der Waals surface area contributed by atoms with Gasteiger partial charge in [0.15, 0.2) is 5.82 Å². The SMILES string of the molecule is CC1CCCC(N)(C(=O)NCc2nncn2C)C1. The molecule has 1 amide bonds. The molecule has 2 atom stereocenters. The summed E-state index contributed by atoms with van der Waals surface area (Å²) in [5, 5.41) is 10.6. The summed E-state index contributed by atoms with van der Waals surface area (Å²) in [6.45, 7) is 2.53. The van der Waals surface area contributed by atoms with Gasteiger partial charge in [0, 0.05) is 7.05 Å². The third-order valence-electron chi connectivity index (χ3n) is 3.70. The van der Waals surface area contributed by atoms with Crippen LogP contribution in [0.15, 0.2) is 6.33 Å². The molecule has 18 heavy (non-hydrogen) atoms. The van der Waals surface area contributed by atoms with Gasteiger partial charge in [-0.3, -0.25) is 4.79 Å². The zero-order valence-electron chi connectivity index (χ0n) is 11.0. The number of aromatic nitrogens is 3. The number of carbonyl (C=O) groups is 1. The fourth-order valence-corrected chi connectivity index (χ4v) is 2.60. The second-order valence-electron chi connectivity index (χ2n) is 5.40. The molecule has 1 aromatic rings. The van der Waals surface area contributed by atoms with Gasteiger partial charge in [0.25, 0.3) is 0 Å². The smallest absolute Gasteiger partial charge is 0.240 e. The van der Waals surface area contributed by atoms with Crippen molar-refractivity contribution in [1.82, 2.24) is 20.1 Å². The minimum Gasteiger partial charge on any atom is -0.347 e. The van der Waals surface area contributed by atoms with Crippen molar-refractivity contribution in [2.24, 2.45) is 18.7 Å². The first-order valence-corrected chi connectivity index (χ1v) is 6.41. The summed E-state index contributed by atoms with van der Waals surface area (Å²) < 4.78 is 1.78. The molecular formula is C12H21N5O. The largest absolute Gasteiger partial charge is 0.347 e. The van der Waals surface area contributed by atoms with Crippen molar-refractivity contribution in [3.05, 3.63) is 12.2 Å². The molecule has 1 aliphatic rings. The molecule has 2 unspecified atom stereocenters. The molecule has 1 fully saturated rings. The van der Waals surface area contributed by atoms with Crippen LogP contribution >= 0.6 is 0 Å². The van der Waals surface area contributed by atoms with Crippen LogP contribution in [0.1, 0.15) is 38.4 Å². The van der Waals surface area contributed by atoms with Crippen molar-refractivity contribution < 1.29 is 4.79 Å². The quantitative estimate of drug-likeness (QED) is 0.811. The Kier molecular flexibility index (Phi) is 3.65. The molecule has 3 N–H and O–H groups in total. The van der Waals surface area contributed by atoms with E-state index in [0.717, 1.165) is 31.5 Å². The van der Waals surface area contributed by atoms with E-state index in [2.05, 4.69) is 22.4 Å². The van der Waals surface area contributed by atoms with Crippen LogP contribution in [-0.2, 0) is 18.4 Å². The summed E-state index contributed by atoms with van der Waals surface area (Å²) >= 11 is 0. The lowest BCUT2D eigenvalue weighted by molar-refractivity contribution is -0.128. The monoisotopic (exact) mass is 251 g/mol. The van der Waals surface area contributed by atoms with Crippen LogP contribution in [0.2, 0.25) is 0 Å². The number of aryl methyl sites for hydroxylation is 1. The van der Waals surface area contributed by atoms with E-state index in [1.807, 2.05) is 7.05 Å². The lowest BCUT2D eigenvalue weighted by Gasteiger charge is -2.35. The Morgan fingerprint density at radius 1 is 1.72 bits per heavy atom. The molecule has 1 aliphatic carbocycles. The van der Waals surface area contributed by atoms with Gasteiger partial charge in [-0.2, -0.15) is 0 Å². The maximum Gasteiger partial charge on any atom is 0.240 e. The average Bonchev–Trinajstić information content (AvgIpc) is 2.71. The van der Waals surface area contributed by atoms with E-state index in [-0.39, 0.29) is 5.91 Å². The zero-order chi connectivity index (χ0) is 13.2. The predicted octanol–water partition coefficient (Wildman–Crippen LogP) is 0.339. The number of carbonyl (C=O) groups excluding carboxylic acids is 1. The van der Waals surface area contributed by atoms with E-state index in [9.17, 15) is 4.79 Å². The molecule has 100 valence electrons. The second kappa shape index (κ2) is 5.06. The maximum absolute atomic E-state index is 12.2. The third-order valence-corrected chi connectivity index (χ3v) is 3.70. The molecule has 0 radical (unpaired) electrons. The molecule has 0 aliphatic heterocycles.